The summed E-state index contributed by atoms with van der Waals surface area (Å²) in [5.74, 6) is -1.24. The van der Waals surface area contributed by atoms with Gasteiger partial charge in [-0.05, 0) is 38.5 Å². The van der Waals surface area contributed by atoms with Gasteiger partial charge in [0.1, 0.15) is 11.6 Å². The lowest BCUT2D eigenvalue weighted by Gasteiger charge is -2.18. The summed E-state index contributed by atoms with van der Waals surface area (Å²) in [5, 5.41) is 0. The van der Waals surface area contributed by atoms with Crippen molar-refractivity contribution in [3.63, 3.8) is 0 Å². The van der Waals surface area contributed by atoms with E-state index in [1.165, 1.54) is 24.3 Å². The molecule has 0 aliphatic heterocycles. The number of rotatable bonds is 4. The second-order valence-corrected chi connectivity index (χ2v) is 7.96. The van der Waals surface area contributed by atoms with Gasteiger partial charge in [-0.1, -0.05) is 12.1 Å². The summed E-state index contributed by atoms with van der Waals surface area (Å²) >= 11 is 0. The molecule has 18 heavy (non-hydrogen) atoms. The maximum atomic E-state index is 12.7. The van der Waals surface area contributed by atoms with Crippen molar-refractivity contribution >= 4 is 15.6 Å². The van der Waals surface area contributed by atoms with Crippen molar-refractivity contribution in [2.24, 2.45) is 0 Å². The molecule has 0 aliphatic rings. The summed E-state index contributed by atoms with van der Waals surface area (Å²) in [4.78, 5) is 11.7. The first-order valence-electron chi connectivity index (χ1n) is 5.60. The van der Waals surface area contributed by atoms with Gasteiger partial charge in [0.05, 0.1) is 4.75 Å². The van der Waals surface area contributed by atoms with Crippen LogP contribution in [0.4, 0.5) is 4.39 Å². The Labute approximate surface area is 107 Å². The molecular formula is C13H17FO3S. The number of ketones is 1. The largest absolute Gasteiger partial charge is 0.298 e. The molecule has 0 bridgehead atoms. The van der Waals surface area contributed by atoms with Crippen molar-refractivity contribution < 1.29 is 17.6 Å². The fourth-order valence-corrected chi connectivity index (χ4v) is 2.27. The number of halogens is 1. The average Bonchev–Trinajstić information content (AvgIpc) is 2.19. The van der Waals surface area contributed by atoms with Crippen LogP contribution in [0.3, 0.4) is 0 Å². The first-order valence-corrected chi connectivity index (χ1v) is 7.25. The molecule has 0 spiro atoms. The monoisotopic (exact) mass is 272 g/mol. The molecule has 0 saturated heterocycles. The SMILES string of the molecule is CC(C)(C)S(=O)(=O)CC(=O)Cc1ccc(F)cc1. The molecule has 0 unspecified atom stereocenters. The fourth-order valence-electron chi connectivity index (χ4n) is 1.31. The van der Waals surface area contributed by atoms with Gasteiger partial charge in [-0.2, -0.15) is 0 Å². The Morgan fingerprint density at radius 2 is 1.67 bits per heavy atom. The lowest BCUT2D eigenvalue weighted by atomic mass is 10.1. The van der Waals surface area contributed by atoms with E-state index in [4.69, 9.17) is 0 Å². The molecule has 0 N–H and O–H groups in total. The molecule has 1 aromatic rings. The number of benzene rings is 1. The Morgan fingerprint density at radius 1 is 1.17 bits per heavy atom. The molecule has 5 heteroatoms. The molecule has 0 aromatic heterocycles. The van der Waals surface area contributed by atoms with Crippen LogP contribution in [-0.4, -0.2) is 24.7 Å². The zero-order chi connectivity index (χ0) is 14.0. The van der Waals surface area contributed by atoms with E-state index in [2.05, 4.69) is 0 Å². The summed E-state index contributed by atoms with van der Waals surface area (Å²) in [6, 6.07) is 5.47. The average molecular weight is 272 g/mol. The van der Waals surface area contributed by atoms with E-state index in [0.29, 0.717) is 5.56 Å². The van der Waals surface area contributed by atoms with E-state index in [-0.39, 0.29) is 18.0 Å². The Bertz CT molecular complexity index is 524. The van der Waals surface area contributed by atoms with Gasteiger partial charge in [-0.25, -0.2) is 12.8 Å². The number of hydrogen-bond acceptors (Lipinski definition) is 3. The Morgan fingerprint density at radius 3 is 2.11 bits per heavy atom. The van der Waals surface area contributed by atoms with Gasteiger partial charge in [-0.15, -0.1) is 0 Å². The first kappa shape index (κ1) is 14.8. The van der Waals surface area contributed by atoms with Crippen molar-refractivity contribution in [1.82, 2.24) is 0 Å². The lowest BCUT2D eigenvalue weighted by Crippen LogP contribution is -2.33. The predicted octanol–water partition coefficient (Wildman–Crippen LogP) is 2.15. The standard InChI is InChI=1S/C13H17FO3S/c1-13(2,3)18(16,17)9-12(15)8-10-4-6-11(14)7-5-10/h4-7H,8-9H2,1-3H3. The second-order valence-electron chi connectivity index (χ2n) is 5.21. The summed E-state index contributed by atoms with van der Waals surface area (Å²) in [5.41, 5.74) is 0.616. The third kappa shape index (κ3) is 3.91. The third-order valence-corrected chi connectivity index (χ3v) is 5.17. The summed E-state index contributed by atoms with van der Waals surface area (Å²) in [7, 11) is -3.45. The number of carbonyl (C=O) groups excluding carboxylic acids is 1. The Kier molecular flexibility index (Phi) is 4.27. The lowest BCUT2D eigenvalue weighted by molar-refractivity contribution is -0.116. The van der Waals surface area contributed by atoms with Gasteiger partial charge in [-0.3, -0.25) is 4.79 Å². The van der Waals surface area contributed by atoms with Crippen molar-refractivity contribution in [2.75, 3.05) is 5.75 Å². The van der Waals surface area contributed by atoms with E-state index in [1.54, 1.807) is 20.8 Å². The minimum Gasteiger partial charge on any atom is -0.298 e. The van der Waals surface area contributed by atoms with E-state index in [0.717, 1.165) is 0 Å². The molecule has 0 atom stereocenters. The molecule has 0 amide bonds. The molecule has 0 radical (unpaired) electrons. The van der Waals surface area contributed by atoms with Crippen molar-refractivity contribution in [2.45, 2.75) is 31.9 Å². The molecule has 0 saturated carbocycles. The molecular weight excluding hydrogens is 255 g/mol. The number of carbonyl (C=O) groups is 1. The molecule has 0 heterocycles. The van der Waals surface area contributed by atoms with Gasteiger partial charge in [0, 0.05) is 6.42 Å². The normalized spacial score (nSPS) is 12.4. The Hall–Kier alpha value is -1.23. The predicted molar refractivity (Wildman–Crippen MR) is 68.7 cm³/mol. The second kappa shape index (κ2) is 5.18. The van der Waals surface area contributed by atoms with Gasteiger partial charge in [0.25, 0.3) is 0 Å². The van der Waals surface area contributed by atoms with Gasteiger partial charge in [0.15, 0.2) is 15.6 Å². The highest BCUT2D eigenvalue weighted by Gasteiger charge is 2.30. The van der Waals surface area contributed by atoms with Crippen LogP contribution in [0.2, 0.25) is 0 Å². The van der Waals surface area contributed by atoms with Crippen molar-refractivity contribution in [1.29, 1.82) is 0 Å². The smallest absolute Gasteiger partial charge is 0.162 e. The van der Waals surface area contributed by atoms with E-state index >= 15 is 0 Å². The molecule has 1 aromatic carbocycles. The van der Waals surface area contributed by atoms with Gasteiger partial charge < -0.3 is 0 Å². The van der Waals surface area contributed by atoms with Crippen LogP contribution in [0.15, 0.2) is 24.3 Å². The summed E-state index contributed by atoms with van der Waals surface area (Å²) in [6.07, 6.45) is 0.00951. The van der Waals surface area contributed by atoms with Crippen LogP contribution in [0.5, 0.6) is 0 Å². The molecule has 0 fully saturated rings. The highest BCUT2D eigenvalue weighted by molar-refractivity contribution is 7.93. The molecule has 1 rings (SSSR count). The first-order chi connectivity index (χ1) is 8.12. The van der Waals surface area contributed by atoms with Crippen molar-refractivity contribution in [3.05, 3.63) is 35.6 Å². The highest BCUT2D eigenvalue weighted by atomic mass is 32.2. The zero-order valence-electron chi connectivity index (χ0n) is 10.7. The fraction of sp³-hybridized carbons (Fsp3) is 0.462. The number of hydrogen-bond donors (Lipinski definition) is 0. The maximum absolute atomic E-state index is 12.7. The van der Waals surface area contributed by atoms with Crippen LogP contribution in [0.1, 0.15) is 26.3 Å². The highest BCUT2D eigenvalue weighted by Crippen LogP contribution is 2.16. The summed E-state index contributed by atoms with van der Waals surface area (Å²) < 4.78 is 35.4. The maximum Gasteiger partial charge on any atom is 0.162 e. The van der Waals surface area contributed by atoms with E-state index in [1.807, 2.05) is 0 Å². The quantitative estimate of drug-likeness (QED) is 0.844. The van der Waals surface area contributed by atoms with Crippen molar-refractivity contribution in [3.8, 4) is 0 Å². The van der Waals surface area contributed by atoms with E-state index in [9.17, 15) is 17.6 Å². The van der Waals surface area contributed by atoms with E-state index < -0.39 is 20.3 Å². The zero-order valence-corrected chi connectivity index (χ0v) is 11.6. The minimum absolute atomic E-state index is 0.00951. The summed E-state index contributed by atoms with van der Waals surface area (Å²) in [6.45, 7) is 4.69. The topological polar surface area (TPSA) is 51.2 Å². The third-order valence-electron chi connectivity index (χ3n) is 2.60. The number of Topliss-reactive ketones (excluding diaryl/α,β-unsaturated/α-hetero) is 1. The van der Waals surface area contributed by atoms with Crippen LogP contribution < -0.4 is 0 Å². The molecule has 100 valence electrons. The number of sulfone groups is 1. The van der Waals surface area contributed by atoms with Gasteiger partial charge in [0.2, 0.25) is 0 Å². The van der Waals surface area contributed by atoms with Crippen LogP contribution in [-0.2, 0) is 21.1 Å². The van der Waals surface area contributed by atoms with Gasteiger partial charge >= 0.3 is 0 Å². The van der Waals surface area contributed by atoms with Crippen LogP contribution in [0, 0.1) is 5.82 Å². The minimum atomic E-state index is -3.45. The molecule has 0 aliphatic carbocycles. The van der Waals surface area contributed by atoms with Crippen LogP contribution >= 0.6 is 0 Å². The van der Waals surface area contributed by atoms with Crippen LogP contribution in [0.25, 0.3) is 0 Å². The molecule has 3 nitrogen and oxygen atoms in total. The Balaban J connectivity index is 2.71.